The standard InChI is InChI=1S/C26H36N2O6S2/c1-17(15-27-23(29)13-21-19(25(27)31)5-11-35-21)3-7-33-9-10-34-8-4-18(2)16-28-24(30)14-22-20(26(28)32)6-12-36-22/h13-14,17-20H,3-12,15-16H2,1-2H3. The molecule has 0 radical (unpaired) electrons. The summed E-state index contributed by atoms with van der Waals surface area (Å²) in [5.74, 6) is 1.42. The quantitative estimate of drug-likeness (QED) is 0.262. The van der Waals surface area contributed by atoms with Crippen molar-refractivity contribution in [2.24, 2.45) is 23.7 Å². The fourth-order valence-corrected chi connectivity index (χ4v) is 7.29. The third kappa shape index (κ3) is 6.62. The second kappa shape index (κ2) is 12.8. The average Bonchev–Trinajstić information content (AvgIpc) is 3.50. The lowest BCUT2D eigenvalue weighted by Crippen LogP contribution is -2.45. The highest BCUT2D eigenvalue weighted by Crippen LogP contribution is 2.40. The van der Waals surface area contributed by atoms with Crippen molar-refractivity contribution in [3.05, 3.63) is 22.0 Å². The van der Waals surface area contributed by atoms with E-state index in [9.17, 15) is 19.2 Å². The van der Waals surface area contributed by atoms with Gasteiger partial charge in [-0.3, -0.25) is 29.0 Å². The summed E-state index contributed by atoms with van der Waals surface area (Å²) >= 11 is 3.24. The van der Waals surface area contributed by atoms with Crippen molar-refractivity contribution in [1.82, 2.24) is 9.80 Å². The molecule has 0 aromatic rings. The van der Waals surface area contributed by atoms with Crippen LogP contribution in [0.15, 0.2) is 22.0 Å². The van der Waals surface area contributed by atoms with Crippen LogP contribution in [-0.2, 0) is 28.7 Å². The number of carbonyl (C=O) groups excluding carboxylic acids is 4. The van der Waals surface area contributed by atoms with Crippen molar-refractivity contribution in [1.29, 1.82) is 0 Å². The Morgan fingerprint density at radius 2 is 1.17 bits per heavy atom. The molecule has 0 aliphatic carbocycles. The van der Waals surface area contributed by atoms with E-state index in [1.807, 2.05) is 13.8 Å². The molecule has 0 bridgehead atoms. The Balaban J connectivity index is 1.04. The van der Waals surface area contributed by atoms with Gasteiger partial charge in [-0.2, -0.15) is 0 Å². The molecule has 0 aromatic carbocycles. The van der Waals surface area contributed by atoms with Crippen molar-refractivity contribution < 1.29 is 28.7 Å². The van der Waals surface area contributed by atoms with Crippen LogP contribution in [0.25, 0.3) is 0 Å². The smallest absolute Gasteiger partial charge is 0.254 e. The molecule has 4 rings (SSSR count). The molecule has 4 aliphatic rings. The molecule has 2 fully saturated rings. The Kier molecular flexibility index (Phi) is 9.71. The number of fused-ring (bicyclic) bond motifs is 2. The number of rotatable bonds is 13. The summed E-state index contributed by atoms with van der Waals surface area (Å²) in [5.41, 5.74) is 0. The maximum Gasteiger partial charge on any atom is 0.254 e. The lowest BCUT2D eigenvalue weighted by Gasteiger charge is -2.29. The number of thioether (sulfide) groups is 2. The minimum absolute atomic E-state index is 0.0503. The Morgan fingerprint density at radius 1 is 0.750 bits per heavy atom. The van der Waals surface area contributed by atoms with Gasteiger partial charge in [-0.15, -0.1) is 23.5 Å². The van der Waals surface area contributed by atoms with Crippen molar-refractivity contribution in [2.45, 2.75) is 39.5 Å². The highest BCUT2D eigenvalue weighted by atomic mass is 32.2. The van der Waals surface area contributed by atoms with Crippen molar-refractivity contribution in [3.8, 4) is 0 Å². The topological polar surface area (TPSA) is 93.2 Å². The van der Waals surface area contributed by atoms with Gasteiger partial charge in [-0.05, 0) is 49.0 Å². The van der Waals surface area contributed by atoms with Crippen LogP contribution in [0.4, 0.5) is 0 Å². The maximum absolute atomic E-state index is 12.6. The zero-order chi connectivity index (χ0) is 25.7. The summed E-state index contributed by atoms with van der Waals surface area (Å²) < 4.78 is 11.4. The normalized spacial score (nSPS) is 25.6. The molecule has 2 saturated heterocycles. The van der Waals surface area contributed by atoms with Crippen LogP contribution in [0.5, 0.6) is 0 Å². The molecule has 4 atom stereocenters. The second-order valence-corrected chi connectivity index (χ2v) is 12.4. The first kappa shape index (κ1) is 27.4. The molecule has 10 heteroatoms. The Morgan fingerprint density at radius 3 is 1.58 bits per heavy atom. The van der Waals surface area contributed by atoms with Crippen LogP contribution < -0.4 is 0 Å². The fourth-order valence-electron chi connectivity index (χ4n) is 4.90. The van der Waals surface area contributed by atoms with E-state index < -0.39 is 0 Å². The highest BCUT2D eigenvalue weighted by Gasteiger charge is 2.40. The summed E-state index contributed by atoms with van der Waals surface area (Å²) in [6, 6.07) is 0. The third-order valence-corrected chi connectivity index (χ3v) is 9.45. The molecule has 8 nitrogen and oxygen atoms in total. The van der Waals surface area contributed by atoms with Crippen LogP contribution in [0, 0.1) is 23.7 Å². The van der Waals surface area contributed by atoms with Gasteiger partial charge in [0, 0.05) is 48.3 Å². The van der Waals surface area contributed by atoms with Gasteiger partial charge >= 0.3 is 0 Å². The first-order valence-electron chi connectivity index (χ1n) is 12.9. The zero-order valence-electron chi connectivity index (χ0n) is 21.1. The van der Waals surface area contributed by atoms with Gasteiger partial charge in [-0.1, -0.05) is 13.8 Å². The van der Waals surface area contributed by atoms with E-state index in [-0.39, 0.29) is 47.3 Å². The molecule has 36 heavy (non-hydrogen) atoms. The van der Waals surface area contributed by atoms with Crippen LogP contribution in [0.2, 0.25) is 0 Å². The van der Waals surface area contributed by atoms with E-state index in [4.69, 9.17) is 9.47 Å². The molecule has 198 valence electrons. The van der Waals surface area contributed by atoms with Gasteiger partial charge in [0.25, 0.3) is 11.8 Å². The number of nitrogens with zero attached hydrogens (tertiary/aromatic N) is 2. The van der Waals surface area contributed by atoms with E-state index in [2.05, 4.69) is 0 Å². The molecule has 0 saturated carbocycles. The molecule has 0 spiro atoms. The van der Waals surface area contributed by atoms with Crippen LogP contribution in [0.1, 0.15) is 39.5 Å². The lowest BCUT2D eigenvalue weighted by molar-refractivity contribution is -0.147. The first-order valence-corrected chi connectivity index (χ1v) is 14.9. The molecular weight excluding hydrogens is 500 g/mol. The van der Waals surface area contributed by atoms with Crippen LogP contribution in [0.3, 0.4) is 0 Å². The molecule has 0 N–H and O–H groups in total. The second-order valence-electron chi connectivity index (χ2n) is 10.1. The van der Waals surface area contributed by atoms with Crippen molar-refractivity contribution in [2.75, 3.05) is 51.0 Å². The van der Waals surface area contributed by atoms with Crippen LogP contribution >= 0.6 is 23.5 Å². The van der Waals surface area contributed by atoms with Crippen molar-refractivity contribution >= 4 is 47.2 Å². The van der Waals surface area contributed by atoms with Gasteiger partial charge < -0.3 is 9.47 Å². The Labute approximate surface area is 221 Å². The van der Waals surface area contributed by atoms with Gasteiger partial charge in [0.1, 0.15) is 0 Å². The molecule has 4 heterocycles. The van der Waals surface area contributed by atoms with E-state index in [0.29, 0.717) is 39.5 Å². The first-order chi connectivity index (χ1) is 17.3. The van der Waals surface area contributed by atoms with E-state index >= 15 is 0 Å². The monoisotopic (exact) mass is 536 g/mol. The number of imide groups is 2. The van der Waals surface area contributed by atoms with Gasteiger partial charge in [0.2, 0.25) is 11.8 Å². The predicted molar refractivity (Wildman–Crippen MR) is 140 cm³/mol. The summed E-state index contributed by atoms with van der Waals surface area (Å²) in [6.07, 6.45) is 6.43. The van der Waals surface area contributed by atoms with E-state index in [1.165, 1.54) is 9.80 Å². The number of ether oxygens (including phenoxy) is 2. The lowest BCUT2D eigenvalue weighted by atomic mass is 9.99. The molecule has 4 unspecified atom stereocenters. The number of carbonyl (C=O) groups is 4. The minimum Gasteiger partial charge on any atom is -0.379 e. The summed E-state index contributed by atoms with van der Waals surface area (Å²) in [6.45, 7) is 6.97. The fraction of sp³-hybridized carbons (Fsp3) is 0.692. The molecular formula is C26H36N2O6S2. The van der Waals surface area contributed by atoms with Gasteiger partial charge in [0.15, 0.2) is 0 Å². The average molecular weight is 537 g/mol. The minimum atomic E-state index is -0.191. The van der Waals surface area contributed by atoms with E-state index in [0.717, 1.165) is 47.0 Å². The SMILES string of the molecule is CC(CCOCCOCCC(C)CN1C(=O)C=C2SCCC2C1=O)CN1C(=O)C=C2SCCC2C1=O. The highest BCUT2D eigenvalue weighted by molar-refractivity contribution is 8.03. The van der Waals surface area contributed by atoms with Gasteiger partial charge in [0.05, 0.1) is 25.0 Å². The van der Waals surface area contributed by atoms with Crippen LogP contribution in [-0.4, -0.2) is 84.5 Å². The van der Waals surface area contributed by atoms with E-state index in [1.54, 1.807) is 35.7 Å². The summed E-state index contributed by atoms with van der Waals surface area (Å²) in [5, 5.41) is 0. The zero-order valence-corrected chi connectivity index (χ0v) is 22.7. The Bertz CT molecular complexity index is 861. The predicted octanol–water partition coefficient (Wildman–Crippen LogP) is 3.08. The number of hydrogen-bond acceptors (Lipinski definition) is 8. The largest absolute Gasteiger partial charge is 0.379 e. The summed E-state index contributed by atoms with van der Waals surface area (Å²) in [7, 11) is 0. The Hall–Kier alpha value is -1.62. The summed E-state index contributed by atoms with van der Waals surface area (Å²) in [4.78, 5) is 54.6. The maximum atomic E-state index is 12.6. The molecule has 0 aromatic heterocycles. The van der Waals surface area contributed by atoms with Crippen molar-refractivity contribution in [3.63, 3.8) is 0 Å². The molecule has 4 aliphatic heterocycles. The molecule has 4 amide bonds. The number of hydrogen-bond donors (Lipinski definition) is 0. The van der Waals surface area contributed by atoms with Gasteiger partial charge in [-0.25, -0.2) is 0 Å². The third-order valence-electron chi connectivity index (χ3n) is 7.10. The number of amides is 4.